The fraction of sp³-hybridized carbons (Fsp3) is 0.529. The van der Waals surface area contributed by atoms with Crippen molar-refractivity contribution in [1.29, 1.82) is 0 Å². The molecule has 1 N–H and O–H groups in total. The van der Waals surface area contributed by atoms with Gasteiger partial charge in [0.15, 0.2) is 0 Å². The molecule has 1 unspecified atom stereocenters. The molecule has 0 aliphatic carbocycles. The summed E-state index contributed by atoms with van der Waals surface area (Å²) in [4.78, 5) is 28.9. The lowest BCUT2D eigenvalue weighted by molar-refractivity contribution is -0.132. The third-order valence-electron chi connectivity index (χ3n) is 3.97. The third kappa shape index (κ3) is 5.25. The van der Waals surface area contributed by atoms with Gasteiger partial charge in [0.05, 0.1) is 5.25 Å². The molecule has 2 amide bonds. The van der Waals surface area contributed by atoms with E-state index in [9.17, 15) is 9.59 Å². The average molecular weight is 335 g/mol. The van der Waals surface area contributed by atoms with Crippen LogP contribution in [0.5, 0.6) is 0 Å². The second kappa shape index (κ2) is 8.36. The molecule has 2 rings (SSSR count). The van der Waals surface area contributed by atoms with Crippen LogP contribution in [0.25, 0.3) is 0 Å². The zero-order chi connectivity index (χ0) is 16.8. The molecule has 0 aromatic heterocycles. The molecule has 6 heteroatoms. The maximum Gasteiger partial charge on any atom is 0.235 e. The second-order valence-corrected chi connectivity index (χ2v) is 7.14. The summed E-state index contributed by atoms with van der Waals surface area (Å²) in [6.07, 6.45) is 0. The van der Waals surface area contributed by atoms with E-state index < -0.39 is 0 Å². The van der Waals surface area contributed by atoms with Crippen molar-refractivity contribution in [3.63, 3.8) is 0 Å². The number of hydrogen-bond donors (Lipinski definition) is 1. The third-order valence-corrected chi connectivity index (χ3v) is 5.07. The fourth-order valence-corrected chi connectivity index (χ4v) is 3.57. The summed E-state index contributed by atoms with van der Waals surface area (Å²) in [6, 6.07) is 7.60. The molecule has 1 aliphatic rings. The van der Waals surface area contributed by atoms with E-state index in [-0.39, 0.29) is 17.1 Å². The quantitative estimate of drug-likeness (QED) is 0.839. The number of nitrogens with one attached hydrogen (secondary N) is 1. The van der Waals surface area contributed by atoms with E-state index in [1.54, 1.807) is 11.8 Å². The molecule has 126 valence electrons. The van der Waals surface area contributed by atoms with Crippen molar-refractivity contribution < 1.29 is 9.59 Å². The molecule has 1 fully saturated rings. The Balaban J connectivity index is 1.87. The maximum atomic E-state index is 12.5. The van der Waals surface area contributed by atoms with Crippen molar-refractivity contribution in [2.24, 2.45) is 0 Å². The van der Waals surface area contributed by atoms with E-state index in [0.717, 1.165) is 43.3 Å². The Morgan fingerprint density at radius 2 is 1.78 bits per heavy atom. The monoisotopic (exact) mass is 335 g/mol. The SMILES string of the molecule is CCN1CCN(C(=O)C(C)Sc2ccc(NC(C)=O)cc2)CC1. The lowest BCUT2D eigenvalue weighted by atomic mass is 10.3. The molecule has 5 nitrogen and oxygen atoms in total. The summed E-state index contributed by atoms with van der Waals surface area (Å²) in [5.74, 6) is 0.122. The standard InChI is InChI=1S/C17H25N3O2S/c1-4-19-9-11-20(12-10-19)17(22)13(2)23-16-7-5-15(6-8-16)18-14(3)21/h5-8,13H,4,9-12H2,1-3H3,(H,18,21). The Hall–Kier alpha value is -1.53. The number of hydrogen-bond acceptors (Lipinski definition) is 4. The van der Waals surface area contributed by atoms with Crippen molar-refractivity contribution in [2.45, 2.75) is 30.9 Å². The van der Waals surface area contributed by atoms with Gasteiger partial charge in [-0.05, 0) is 37.7 Å². The van der Waals surface area contributed by atoms with E-state index in [1.165, 1.54) is 6.92 Å². The first-order valence-electron chi connectivity index (χ1n) is 8.05. The summed E-state index contributed by atoms with van der Waals surface area (Å²) in [6.45, 7) is 10.2. The minimum atomic E-state index is -0.102. The van der Waals surface area contributed by atoms with Crippen LogP contribution in [0.15, 0.2) is 29.2 Å². The summed E-state index contributed by atoms with van der Waals surface area (Å²) >= 11 is 1.56. The van der Waals surface area contributed by atoms with Crippen molar-refractivity contribution in [3.8, 4) is 0 Å². The molecule has 0 bridgehead atoms. The minimum Gasteiger partial charge on any atom is -0.339 e. The molecule has 0 spiro atoms. The number of amides is 2. The summed E-state index contributed by atoms with van der Waals surface area (Å²) in [5.41, 5.74) is 0.775. The summed E-state index contributed by atoms with van der Waals surface area (Å²) in [7, 11) is 0. The van der Waals surface area contributed by atoms with Crippen LogP contribution in [-0.4, -0.2) is 59.6 Å². The Bertz CT molecular complexity index is 539. The van der Waals surface area contributed by atoms with Crippen LogP contribution >= 0.6 is 11.8 Å². The van der Waals surface area contributed by atoms with Crippen LogP contribution in [0, 0.1) is 0 Å². The van der Waals surface area contributed by atoms with Gasteiger partial charge in [0.25, 0.3) is 0 Å². The normalized spacial score (nSPS) is 16.9. The second-order valence-electron chi connectivity index (χ2n) is 5.73. The molecule has 1 aromatic carbocycles. The molecule has 0 radical (unpaired) electrons. The van der Waals surface area contributed by atoms with Gasteiger partial charge < -0.3 is 15.1 Å². The van der Waals surface area contributed by atoms with Crippen LogP contribution in [0.2, 0.25) is 0 Å². The van der Waals surface area contributed by atoms with Gasteiger partial charge in [-0.15, -0.1) is 11.8 Å². The molecule has 1 aliphatic heterocycles. The molecule has 1 atom stereocenters. The number of rotatable bonds is 5. The Kier molecular flexibility index (Phi) is 6.47. The number of anilines is 1. The highest BCUT2D eigenvalue weighted by Gasteiger charge is 2.24. The lowest BCUT2D eigenvalue weighted by Crippen LogP contribution is -2.50. The van der Waals surface area contributed by atoms with Gasteiger partial charge in [0, 0.05) is 43.7 Å². The van der Waals surface area contributed by atoms with Crippen LogP contribution in [-0.2, 0) is 9.59 Å². The highest BCUT2D eigenvalue weighted by molar-refractivity contribution is 8.00. The number of thioether (sulfide) groups is 1. The number of benzene rings is 1. The van der Waals surface area contributed by atoms with Crippen LogP contribution in [0.1, 0.15) is 20.8 Å². The van der Waals surface area contributed by atoms with Crippen LogP contribution in [0.4, 0.5) is 5.69 Å². The minimum absolute atomic E-state index is 0.0832. The predicted octanol–water partition coefficient (Wildman–Crippen LogP) is 2.29. The largest absolute Gasteiger partial charge is 0.339 e. The molecule has 1 aromatic rings. The predicted molar refractivity (Wildman–Crippen MR) is 94.8 cm³/mol. The Labute approximate surface area is 142 Å². The molecular weight excluding hydrogens is 310 g/mol. The lowest BCUT2D eigenvalue weighted by Gasteiger charge is -2.35. The van der Waals surface area contributed by atoms with E-state index in [4.69, 9.17) is 0 Å². The zero-order valence-electron chi connectivity index (χ0n) is 14.0. The van der Waals surface area contributed by atoms with Crippen LogP contribution < -0.4 is 5.32 Å². The zero-order valence-corrected chi connectivity index (χ0v) is 14.9. The highest BCUT2D eigenvalue weighted by atomic mass is 32.2. The molecular formula is C17H25N3O2S. The first-order chi connectivity index (χ1) is 11.0. The van der Waals surface area contributed by atoms with Gasteiger partial charge >= 0.3 is 0 Å². The van der Waals surface area contributed by atoms with Crippen molar-refractivity contribution >= 4 is 29.3 Å². The van der Waals surface area contributed by atoms with Gasteiger partial charge in [-0.2, -0.15) is 0 Å². The van der Waals surface area contributed by atoms with Crippen LogP contribution in [0.3, 0.4) is 0 Å². The fourth-order valence-electron chi connectivity index (χ4n) is 2.62. The van der Waals surface area contributed by atoms with E-state index in [2.05, 4.69) is 17.1 Å². The van der Waals surface area contributed by atoms with E-state index >= 15 is 0 Å². The van der Waals surface area contributed by atoms with E-state index in [1.807, 2.05) is 36.1 Å². The smallest absolute Gasteiger partial charge is 0.235 e. The van der Waals surface area contributed by atoms with Gasteiger partial charge in [-0.3, -0.25) is 9.59 Å². The van der Waals surface area contributed by atoms with Gasteiger partial charge in [-0.25, -0.2) is 0 Å². The topological polar surface area (TPSA) is 52.6 Å². The number of carbonyl (C=O) groups is 2. The molecule has 23 heavy (non-hydrogen) atoms. The molecule has 0 saturated carbocycles. The average Bonchev–Trinajstić information content (AvgIpc) is 2.55. The van der Waals surface area contributed by atoms with Gasteiger partial charge in [0.2, 0.25) is 11.8 Å². The molecule has 1 saturated heterocycles. The number of nitrogens with zero attached hydrogens (tertiary/aromatic N) is 2. The van der Waals surface area contributed by atoms with Gasteiger partial charge in [-0.1, -0.05) is 6.92 Å². The Morgan fingerprint density at radius 3 is 2.30 bits per heavy atom. The Morgan fingerprint density at radius 1 is 1.17 bits per heavy atom. The number of piperazine rings is 1. The molecule has 1 heterocycles. The number of likely N-dealkylation sites (N-methyl/N-ethyl adjacent to an activating group) is 1. The first-order valence-corrected chi connectivity index (χ1v) is 8.93. The summed E-state index contributed by atoms with van der Waals surface area (Å²) < 4.78 is 0. The first kappa shape index (κ1) is 17.8. The van der Waals surface area contributed by atoms with Crippen molar-refractivity contribution in [2.75, 3.05) is 38.0 Å². The maximum absolute atomic E-state index is 12.5. The van der Waals surface area contributed by atoms with E-state index in [0.29, 0.717) is 0 Å². The highest BCUT2D eigenvalue weighted by Crippen LogP contribution is 2.26. The summed E-state index contributed by atoms with van der Waals surface area (Å²) in [5, 5.41) is 2.64. The van der Waals surface area contributed by atoms with Crippen molar-refractivity contribution in [1.82, 2.24) is 9.80 Å². The van der Waals surface area contributed by atoms with Crippen molar-refractivity contribution in [3.05, 3.63) is 24.3 Å². The van der Waals surface area contributed by atoms with Gasteiger partial charge in [0.1, 0.15) is 0 Å². The number of carbonyl (C=O) groups excluding carboxylic acids is 2.